The van der Waals surface area contributed by atoms with Crippen LogP contribution in [0.25, 0.3) is 0 Å². The molecule has 0 radical (unpaired) electrons. The Kier molecular flexibility index (Phi) is 7.94. The van der Waals surface area contributed by atoms with Gasteiger partial charge in [0.15, 0.2) is 11.2 Å². The lowest BCUT2D eigenvalue weighted by Crippen LogP contribution is -2.53. The summed E-state index contributed by atoms with van der Waals surface area (Å²) in [7, 11) is 1.39. The molecule has 0 unspecified atom stereocenters. The van der Waals surface area contributed by atoms with Gasteiger partial charge in [0.2, 0.25) is 5.88 Å². The van der Waals surface area contributed by atoms with Crippen LogP contribution in [0.1, 0.15) is 43.4 Å². The number of aliphatic hydroxyl groups is 2. The molecule has 0 bridgehead atoms. The molecule has 1 saturated heterocycles. The van der Waals surface area contributed by atoms with Gasteiger partial charge in [0.05, 0.1) is 30.4 Å². The first-order valence-corrected chi connectivity index (χ1v) is 13.0. The molecule has 2 aromatic rings. The van der Waals surface area contributed by atoms with Crippen molar-refractivity contribution in [3.05, 3.63) is 95.1 Å². The van der Waals surface area contributed by atoms with E-state index < -0.39 is 29.1 Å². The molecule has 2 aliphatic rings. The zero-order valence-electron chi connectivity index (χ0n) is 22.8. The molecule has 5 atom stereocenters. The molecule has 2 aromatic carbocycles. The number of hydrogen-bond donors (Lipinski definition) is 2. The quantitative estimate of drug-likeness (QED) is 0.394. The Morgan fingerprint density at radius 3 is 2.31 bits per heavy atom. The lowest BCUT2D eigenvalue weighted by molar-refractivity contribution is -0.131. The maximum Gasteiger partial charge on any atom is 0.224 e. The van der Waals surface area contributed by atoms with E-state index in [4.69, 9.17) is 9.47 Å². The fraction of sp³-hybridized carbons (Fsp3) is 0.387. The van der Waals surface area contributed by atoms with E-state index in [1.54, 1.807) is 24.3 Å². The highest BCUT2D eigenvalue weighted by atomic mass is 16.5. The van der Waals surface area contributed by atoms with Crippen molar-refractivity contribution in [2.45, 2.75) is 44.0 Å². The van der Waals surface area contributed by atoms with Gasteiger partial charge in [-0.3, -0.25) is 0 Å². The minimum absolute atomic E-state index is 0.0496. The summed E-state index contributed by atoms with van der Waals surface area (Å²) in [5.41, 5.74) is -1.48. The van der Waals surface area contributed by atoms with Gasteiger partial charge >= 0.3 is 0 Å². The van der Waals surface area contributed by atoms with Crippen molar-refractivity contribution in [1.82, 2.24) is 4.90 Å². The van der Waals surface area contributed by atoms with E-state index in [0.29, 0.717) is 17.7 Å². The fourth-order valence-corrected chi connectivity index (χ4v) is 6.22. The van der Waals surface area contributed by atoms with E-state index in [-0.39, 0.29) is 22.9 Å². The second-order valence-corrected chi connectivity index (χ2v) is 9.89. The van der Waals surface area contributed by atoms with Crippen LogP contribution in [-0.2, 0) is 15.1 Å². The number of aliphatic hydroxyl groups excluding tert-OH is 1. The minimum Gasteiger partial charge on any atom is -0.481 e. The van der Waals surface area contributed by atoms with Crippen LogP contribution < -0.4 is 0 Å². The van der Waals surface area contributed by atoms with E-state index >= 15 is 0 Å². The summed E-state index contributed by atoms with van der Waals surface area (Å²) >= 11 is 0. The number of hydrogen-bond acceptors (Lipinski definition) is 8. The largest absolute Gasteiger partial charge is 0.481 e. The summed E-state index contributed by atoms with van der Waals surface area (Å²) < 4.78 is 12.3. The number of nitrogens with zero attached hydrogens (tertiary/aromatic N) is 4. The van der Waals surface area contributed by atoms with Crippen molar-refractivity contribution < 1.29 is 19.7 Å². The standard InChI is InChI=1S/C31H34N4O4/c1-6-35(7-2)19-25-27(23-11-9-8-10-12-23)31(24-15-13-22(18-33)14-16-24)30(37,28(25)36)26(21(4)39-31)29(38-5)34-20(3)17-32/h8-16,25,27-28,36-37H,4,6-7,19H2,1-3,5H3/b29-26-,34-20+/t25-,27-,28-,30+,31+/m1/s1. The maximum absolute atomic E-state index is 12.9. The lowest BCUT2D eigenvalue weighted by atomic mass is 9.70. The smallest absolute Gasteiger partial charge is 0.224 e. The van der Waals surface area contributed by atoms with Crippen molar-refractivity contribution in [2.24, 2.45) is 10.9 Å². The first kappa shape index (κ1) is 28.1. The minimum atomic E-state index is -2.05. The molecule has 1 aliphatic heterocycles. The first-order chi connectivity index (χ1) is 18.7. The third kappa shape index (κ3) is 4.31. The number of fused-ring (bicyclic) bond motifs is 1. The van der Waals surface area contributed by atoms with E-state index in [1.807, 2.05) is 36.4 Å². The van der Waals surface area contributed by atoms with Gasteiger partial charge in [-0.1, -0.05) is 62.9 Å². The zero-order valence-corrected chi connectivity index (χ0v) is 22.8. The topological polar surface area (TPSA) is 122 Å². The molecule has 2 N–H and O–H groups in total. The van der Waals surface area contributed by atoms with Crippen LogP contribution in [0.15, 0.2) is 83.4 Å². The lowest BCUT2D eigenvalue weighted by Gasteiger charge is -2.40. The van der Waals surface area contributed by atoms with Crippen molar-refractivity contribution in [2.75, 3.05) is 26.7 Å². The predicted octanol–water partition coefficient (Wildman–Crippen LogP) is 3.99. The van der Waals surface area contributed by atoms with E-state index in [2.05, 4.69) is 36.4 Å². The molecule has 0 amide bonds. The zero-order chi connectivity index (χ0) is 28.4. The number of aliphatic imine (C=N–C) groups is 1. The number of nitriles is 2. The van der Waals surface area contributed by atoms with Crippen LogP contribution >= 0.6 is 0 Å². The molecule has 2 fully saturated rings. The summed E-state index contributed by atoms with van der Waals surface area (Å²) in [6.45, 7) is 11.7. The Bertz CT molecular complexity index is 1370. The number of methoxy groups -OCH3 is 1. The molecule has 0 spiro atoms. The maximum atomic E-state index is 12.9. The Labute approximate surface area is 229 Å². The SMILES string of the molecule is C=C1O[C@@]2(c3ccc(C#N)cc3)[C@H](c3ccccc3)[C@@H](CN(CC)CC)[C@@H](O)[C@@]2(O)/C1=C(/N=C(\C)C#N)OC. The van der Waals surface area contributed by atoms with Crippen LogP contribution in [-0.4, -0.2) is 59.3 Å². The number of rotatable bonds is 8. The molecular formula is C31H34N4O4. The van der Waals surface area contributed by atoms with Crippen LogP contribution in [0.3, 0.4) is 0 Å². The summed E-state index contributed by atoms with van der Waals surface area (Å²) in [6.07, 6.45) is -1.32. The third-order valence-corrected chi connectivity index (χ3v) is 8.01. The van der Waals surface area contributed by atoms with Gasteiger partial charge in [0, 0.05) is 18.4 Å². The number of benzene rings is 2. The summed E-state index contributed by atoms with van der Waals surface area (Å²) in [5, 5.41) is 43.9. The van der Waals surface area contributed by atoms with Gasteiger partial charge in [0.1, 0.15) is 17.5 Å². The Morgan fingerprint density at radius 1 is 1.13 bits per heavy atom. The molecule has 202 valence electrons. The van der Waals surface area contributed by atoms with Gasteiger partial charge in [-0.2, -0.15) is 10.5 Å². The fourth-order valence-electron chi connectivity index (χ4n) is 6.22. The predicted molar refractivity (Wildman–Crippen MR) is 147 cm³/mol. The monoisotopic (exact) mass is 526 g/mol. The molecule has 0 aromatic heterocycles. The van der Waals surface area contributed by atoms with Crippen LogP contribution in [0, 0.1) is 28.6 Å². The van der Waals surface area contributed by atoms with Crippen molar-refractivity contribution in [3.8, 4) is 12.1 Å². The molecule has 4 rings (SSSR count). The Balaban J connectivity index is 2.11. The second-order valence-electron chi connectivity index (χ2n) is 9.89. The highest BCUT2D eigenvalue weighted by Crippen LogP contribution is 2.68. The highest BCUT2D eigenvalue weighted by Gasteiger charge is 2.77. The van der Waals surface area contributed by atoms with E-state index in [0.717, 1.165) is 18.7 Å². The van der Waals surface area contributed by atoms with Crippen molar-refractivity contribution in [3.63, 3.8) is 0 Å². The van der Waals surface area contributed by atoms with Gasteiger partial charge < -0.3 is 24.6 Å². The van der Waals surface area contributed by atoms with Crippen LogP contribution in [0.2, 0.25) is 0 Å². The van der Waals surface area contributed by atoms with Gasteiger partial charge in [-0.15, -0.1) is 0 Å². The average Bonchev–Trinajstić information content (AvgIpc) is 3.31. The molecule has 1 saturated carbocycles. The highest BCUT2D eigenvalue weighted by molar-refractivity contribution is 5.97. The number of ether oxygens (including phenoxy) is 2. The normalized spacial score (nSPS) is 29.4. The van der Waals surface area contributed by atoms with E-state index in [9.17, 15) is 20.7 Å². The van der Waals surface area contributed by atoms with Gasteiger partial charge in [-0.05, 0) is 43.3 Å². The Hall–Kier alpha value is -3.95. The molecule has 8 nitrogen and oxygen atoms in total. The molecule has 39 heavy (non-hydrogen) atoms. The summed E-state index contributed by atoms with van der Waals surface area (Å²) in [5.74, 6) is -0.961. The van der Waals surface area contributed by atoms with Gasteiger partial charge in [0.25, 0.3) is 0 Å². The van der Waals surface area contributed by atoms with Crippen LogP contribution in [0.4, 0.5) is 0 Å². The van der Waals surface area contributed by atoms with Gasteiger partial charge in [-0.25, -0.2) is 4.99 Å². The average molecular weight is 527 g/mol. The van der Waals surface area contributed by atoms with Crippen molar-refractivity contribution in [1.29, 1.82) is 10.5 Å². The molecule has 1 heterocycles. The molecular weight excluding hydrogens is 492 g/mol. The molecule has 1 aliphatic carbocycles. The van der Waals surface area contributed by atoms with E-state index in [1.165, 1.54) is 14.0 Å². The summed E-state index contributed by atoms with van der Waals surface area (Å²) in [4.78, 5) is 6.50. The first-order valence-electron chi connectivity index (χ1n) is 13.0. The van der Waals surface area contributed by atoms with Crippen molar-refractivity contribution >= 4 is 5.71 Å². The Morgan fingerprint density at radius 2 is 1.77 bits per heavy atom. The third-order valence-electron chi connectivity index (χ3n) is 8.01. The molecule has 8 heteroatoms. The summed E-state index contributed by atoms with van der Waals surface area (Å²) in [6, 6.07) is 20.6. The van der Waals surface area contributed by atoms with Crippen LogP contribution in [0.5, 0.6) is 0 Å². The second kappa shape index (κ2) is 11.0.